The highest BCUT2D eigenvalue weighted by Crippen LogP contribution is 2.14. The van der Waals surface area contributed by atoms with E-state index in [2.05, 4.69) is 6.92 Å². The van der Waals surface area contributed by atoms with E-state index in [1.807, 2.05) is 0 Å². The van der Waals surface area contributed by atoms with E-state index in [-0.39, 0.29) is 25.0 Å². The van der Waals surface area contributed by atoms with Gasteiger partial charge in [0.25, 0.3) is 0 Å². The van der Waals surface area contributed by atoms with Crippen molar-refractivity contribution in [3.63, 3.8) is 0 Å². The number of unbranched alkanes of at least 4 members (excludes halogenated alkanes) is 14. The lowest BCUT2D eigenvalue weighted by Crippen LogP contribution is -2.11. The van der Waals surface area contributed by atoms with Gasteiger partial charge in [-0.3, -0.25) is 9.59 Å². The molecule has 0 atom stereocenters. The summed E-state index contributed by atoms with van der Waals surface area (Å²) in [5, 5.41) is 0. The van der Waals surface area contributed by atoms with Gasteiger partial charge in [-0.25, -0.2) is 8.78 Å². The zero-order valence-electron chi connectivity index (χ0n) is 21.1. The first-order valence-corrected chi connectivity index (χ1v) is 13.3. The first-order valence-electron chi connectivity index (χ1n) is 13.3. The number of hydrogen-bond acceptors (Lipinski definition) is 4. The average Bonchev–Trinajstić information content (AvgIpc) is 2.83. The van der Waals surface area contributed by atoms with Gasteiger partial charge >= 0.3 is 11.9 Å². The topological polar surface area (TPSA) is 52.6 Å². The molecule has 34 heavy (non-hydrogen) atoms. The van der Waals surface area contributed by atoms with Crippen molar-refractivity contribution in [1.29, 1.82) is 0 Å². The predicted octanol–water partition coefficient (Wildman–Crippen LogP) is 8.20. The third-order valence-corrected chi connectivity index (χ3v) is 5.94. The van der Waals surface area contributed by atoms with Gasteiger partial charge in [0, 0.05) is 5.56 Å². The van der Waals surface area contributed by atoms with Gasteiger partial charge < -0.3 is 9.47 Å². The molecular formula is C28H44F2O4. The molecular weight excluding hydrogens is 438 g/mol. The standard InChI is InChI=1S/C28H44F2O4/c1-2-3-4-5-6-7-8-9-10-11-12-13-14-15-16-21-33-27(31)19-20-28(32)34-23-24-22-25(29)17-18-26(24)30/h17-18,22H,2-16,19-21,23H2,1H3. The van der Waals surface area contributed by atoms with Gasteiger partial charge in [0.2, 0.25) is 0 Å². The minimum Gasteiger partial charge on any atom is -0.466 e. The molecule has 4 nitrogen and oxygen atoms in total. The molecule has 0 heterocycles. The van der Waals surface area contributed by atoms with Gasteiger partial charge in [-0.05, 0) is 24.6 Å². The normalized spacial score (nSPS) is 10.9. The third kappa shape index (κ3) is 16.6. The molecule has 0 radical (unpaired) electrons. The molecule has 0 aromatic heterocycles. The van der Waals surface area contributed by atoms with E-state index >= 15 is 0 Å². The molecule has 0 unspecified atom stereocenters. The summed E-state index contributed by atoms with van der Waals surface area (Å²) < 4.78 is 36.6. The summed E-state index contributed by atoms with van der Waals surface area (Å²) in [6.07, 6.45) is 18.9. The Labute approximate surface area is 204 Å². The van der Waals surface area contributed by atoms with E-state index in [0.717, 1.165) is 37.5 Å². The van der Waals surface area contributed by atoms with E-state index < -0.39 is 23.6 Å². The lowest BCUT2D eigenvalue weighted by molar-refractivity contribution is -0.151. The maximum Gasteiger partial charge on any atom is 0.306 e. The van der Waals surface area contributed by atoms with E-state index in [9.17, 15) is 18.4 Å². The molecule has 0 saturated heterocycles. The Bertz CT molecular complexity index is 678. The Hall–Kier alpha value is -1.98. The Morgan fingerprint density at radius 3 is 1.68 bits per heavy atom. The second-order valence-corrected chi connectivity index (χ2v) is 9.07. The predicted molar refractivity (Wildman–Crippen MR) is 131 cm³/mol. The minimum atomic E-state index is -0.646. The van der Waals surface area contributed by atoms with Crippen LogP contribution in [0.15, 0.2) is 18.2 Å². The molecule has 0 bridgehead atoms. The largest absolute Gasteiger partial charge is 0.466 e. The van der Waals surface area contributed by atoms with Gasteiger partial charge in [-0.15, -0.1) is 0 Å². The zero-order valence-corrected chi connectivity index (χ0v) is 21.1. The summed E-state index contributed by atoms with van der Waals surface area (Å²) in [5.41, 5.74) is -0.0379. The number of ether oxygens (including phenoxy) is 2. The molecule has 0 aliphatic carbocycles. The molecule has 0 aliphatic rings. The van der Waals surface area contributed by atoms with Crippen LogP contribution in [0.1, 0.15) is 122 Å². The third-order valence-electron chi connectivity index (χ3n) is 5.94. The van der Waals surface area contributed by atoms with Crippen LogP contribution in [0.2, 0.25) is 0 Å². The van der Waals surface area contributed by atoms with Crippen molar-refractivity contribution < 1.29 is 27.8 Å². The number of halogens is 2. The fourth-order valence-corrected chi connectivity index (χ4v) is 3.82. The smallest absolute Gasteiger partial charge is 0.306 e. The average molecular weight is 483 g/mol. The molecule has 0 N–H and O–H groups in total. The molecule has 0 saturated carbocycles. The second kappa shape index (κ2) is 20.4. The molecule has 0 fully saturated rings. The highest BCUT2D eigenvalue weighted by atomic mass is 19.1. The Balaban J connectivity index is 1.87. The number of hydrogen-bond donors (Lipinski definition) is 0. The summed E-state index contributed by atoms with van der Waals surface area (Å²) in [7, 11) is 0. The van der Waals surface area contributed by atoms with Crippen LogP contribution >= 0.6 is 0 Å². The van der Waals surface area contributed by atoms with Gasteiger partial charge in [0.05, 0.1) is 19.4 Å². The van der Waals surface area contributed by atoms with Crippen molar-refractivity contribution >= 4 is 11.9 Å². The van der Waals surface area contributed by atoms with E-state index in [1.165, 1.54) is 77.0 Å². The van der Waals surface area contributed by atoms with Crippen LogP contribution in [-0.4, -0.2) is 18.5 Å². The van der Waals surface area contributed by atoms with Crippen molar-refractivity contribution in [2.24, 2.45) is 0 Å². The van der Waals surface area contributed by atoms with Crippen molar-refractivity contribution in [2.45, 2.75) is 123 Å². The van der Waals surface area contributed by atoms with Crippen molar-refractivity contribution in [2.75, 3.05) is 6.61 Å². The summed E-state index contributed by atoms with van der Waals surface area (Å²) in [6.45, 7) is 2.25. The van der Waals surface area contributed by atoms with Crippen LogP contribution in [0.5, 0.6) is 0 Å². The summed E-state index contributed by atoms with van der Waals surface area (Å²) >= 11 is 0. The lowest BCUT2D eigenvalue weighted by atomic mass is 10.0. The molecule has 1 aromatic carbocycles. The van der Waals surface area contributed by atoms with Gasteiger partial charge in [-0.1, -0.05) is 96.8 Å². The van der Waals surface area contributed by atoms with E-state index in [4.69, 9.17) is 9.47 Å². The van der Waals surface area contributed by atoms with Gasteiger partial charge in [0.1, 0.15) is 18.2 Å². The Morgan fingerprint density at radius 1 is 0.676 bits per heavy atom. The van der Waals surface area contributed by atoms with Crippen LogP contribution in [0.3, 0.4) is 0 Å². The highest BCUT2D eigenvalue weighted by Gasteiger charge is 2.11. The zero-order chi connectivity index (χ0) is 24.9. The molecule has 1 rings (SSSR count). The summed E-state index contributed by atoms with van der Waals surface area (Å²) in [6, 6.07) is 2.96. The summed E-state index contributed by atoms with van der Waals surface area (Å²) in [5.74, 6) is -2.33. The first-order chi connectivity index (χ1) is 16.5. The van der Waals surface area contributed by atoms with Crippen LogP contribution in [0, 0.1) is 11.6 Å². The fourth-order valence-electron chi connectivity index (χ4n) is 3.82. The quantitative estimate of drug-likeness (QED) is 0.131. The SMILES string of the molecule is CCCCCCCCCCCCCCCCCOC(=O)CCC(=O)OCc1cc(F)ccc1F. The molecule has 0 aliphatic heterocycles. The van der Waals surface area contributed by atoms with Gasteiger partial charge in [0.15, 0.2) is 0 Å². The number of carbonyl (C=O) groups excluding carboxylic acids is 2. The highest BCUT2D eigenvalue weighted by molar-refractivity contribution is 5.77. The number of benzene rings is 1. The first kappa shape index (κ1) is 30.1. The maximum absolute atomic E-state index is 13.5. The maximum atomic E-state index is 13.5. The summed E-state index contributed by atoms with van der Waals surface area (Å²) in [4.78, 5) is 23.4. The van der Waals surface area contributed by atoms with E-state index in [0.29, 0.717) is 6.61 Å². The van der Waals surface area contributed by atoms with Crippen molar-refractivity contribution in [1.82, 2.24) is 0 Å². The van der Waals surface area contributed by atoms with E-state index in [1.54, 1.807) is 0 Å². The number of carbonyl (C=O) groups is 2. The van der Waals surface area contributed by atoms with Gasteiger partial charge in [-0.2, -0.15) is 0 Å². The van der Waals surface area contributed by atoms with Crippen molar-refractivity contribution in [3.8, 4) is 0 Å². The molecule has 194 valence electrons. The number of esters is 2. The monoisotopic (exact) mass is 482 g/mol. The second-order valence-electron chi connectivity index (χ2n) is 9.07. The Morgan fingerprint density at radius 2 is 1.15 bits per heavy atom. The Kier molecular flexibility index (Phi) is 18.0. The van der Waals surface area contributed by atoms with Crippen LogP contribution in [-0.2, 0) is 25.7 Å². The molecule has 6 heteroatoms. The van der Waals surface area contributed by atoms with Crippen LogP contribution < -0.4 is 0 Å². The lowest BCUT2D eigenvalue weighted by Gasteiger charge is -2.07. The molecule has 0 spiro atoms. The fraction of sp³-hybridized carbons (Fsp3) is 0.714. The van der Waals surface area contributed by atoms with Crippen LogP contribution in [0.25, 0.3) is 0 Å². The molecule has 0 amide bonds. The van der Waals surface area contributed by atoms with Crippen LogP contribution in [0.4, 0.5) is 8.78 Å². The van der Waals surface area contributed by atoms with Crippen molar-refractivity contribution in [3.05, 3.63) is 35.4 Å². The molecule has 1 aromatic rings. The minimum absolute atomic E-state index is 0.0379. The number of rotatable bonds is 21.